The van der Waals surface area contributed by atoms with E-state index in [9.17, 15) is 9.59 Å². The average Bonchev–Trinajstić information content (AvgIpc) is 2.16. The highest BCUT2D eigenvalue weighted by Crippen LogP contribution is 2.13. The van der Waals surface area contributed by atoms with Crippen LogP contribution < -0.4 is 0 Å². The molecule has 0 N–H and O–H groups in total. The fourth-order valence-corrected chi connectivity index (χ4v) is 1.65. The molecule has 1 atom stereocenters. The lowest BCUT2D eigenvalue weighted by molar-refractivity contribution is -0.120. The molecule has 78 valence electrons. The smallest absolute Gasteiger partial charge is 0.156 e. The summed E-state index contributed by atoms with van der Waals surface area (Å²) >= 11 is 0. The number of ketones is 2. The number of rotatable bonds is 3. The molecular weight excluding hydrogens is 178 g/mol. The Morgan fingerprint density at radius 3 is 2.79 bits per heavy atom. The zero-order chi connectivity index (χ0) is 10.6. The van der Waals surface area contributed by atoms with Crippen LogP contribution in [0.25, 0.3) is 0 Å². The first-order valence-electron chi connectivity index (χ1n) is 5.23. The highest BCUT2D eigenvalue weighted by molar-refractivity contribution is 6.04. The predicted molar refractivity (Wildman–Crippen MR) is 55.7 cm³/mol. The van der Waals surface area contributed by atoms with Gasteiger partial charge in [0.25, 0.3) is 0 Å². The van der Waals surface area contributed by atoms with E-state index in [1.165, 1.54) is 0 Å². The minimum absolute atomic E-state index is 0.149. The summed E-state index contributed by atoms with van der Waals surface area (Å²) in [7, 11) is 0. The van der Waals surface area contributed by atoms with Gasteiger partial charge in [0, 0.05) is 25.0 Å². The Balaban J connectivity index is 2.58. The van der Waals surface area contributed by atoms with Gasteiger partial charge in [-0.1, -0.05) is 6.92 Å². The first-order chi connectivity index (χ1) is 6.63. The predicted octanol–water partition coefficient (Wildman–Crippen LogP) is 1.94. The Morgan fingerprint density at radius 2 is 2.21 bits per heavy atom. The number of nitrogens with zero attached hydrogens (tertiary/aromatic N) is 1. The van der Waals surface area contributed by atoms with Gasteiger partial charge in [-0.3, -0.25) is 14.6 Å². The second kappa shape index (κ2) is 5.03. The minimum atomic E-state index is -0.263. The van der Waals surface area contributed by atoms with Crippen LogP contribution in [0.15, 0.2) is 4.99 Å². The van der Waals surface area contributed by atoms with Gasteiger partial charge in [0.05, 0.1) is 0 Å². The highest BCUT2D eigenvalue weighted by atomic mass is 16.1. The standard InChI is InChI=1S/C11H17NO2/c1-3-11(14)8(2)12-9-5-4-6-10(13)7-9/h8H,3-7H2,1-2H3/b12-9-. The van der Waals surface area contributed by atoms with Crippen molar-refractivity contribution in [1.29, 1.82) is 0 Å². The molecule has 0 bridgehead atoms. The summed E-state index contributed by atoms with van der Waals surface area (Å²) in [5.41, 5.74) is 0.913. The van der Waals surface area contributed by atoms with Crippen molar-refractivity contribution in [1.82, 2.24) is 0 Å². The van der Waals surface area contributed by atoms with E-state index in [0.717, 1.165) is 18.6 Å². The maximum absolute atomic E-state index is 11.3. The van der Waals surface area contributed by atoms with Crippen LogP contribution in [-0.2, 0) is 9.59 Å². The van der Waals surface area contributed by atoms with Crippen molar-refractivity contribution in [2.45, 2.75) is 52.0 Å². The van der Waals surface area contributed by atoms with Gasteiger partial charge < -0.3 is 0 Å². The lowest BCUT2D eigenvalue weighted by atomic mass is 9.97. The number of Topliss-reactive ketones (excluding diaryl/α,β-unsaturated/α-hetero) is 2. The van der Waals surface area contributed by atoms with Crippen LogP contribution in [0.3, 0.4) is 0 Å². The second-order valence-electron chi connectivity index (χ2n) is 3.76. The maximum atomic E-state index is 11.3. The van der Waals surface area contributed by atoms with E-state index in [4.69, 9.17) is 0 Å². The van der Waals surface area contributed by atoms with Crippen LogP contribution in [0.1, 0.15) is 46.0 Å². The van der Waals surface area contributed by atoms with Gasteiger partial charge in [-0.05, 0) is 19.8 Å². The lowest BCUT2D eigenvalue weighted by Crippen LogP contribution is -2.20. The fourth-order valence-electron chi connectivity index (χ4n) is 1.65. The number of hydrogen-bond donors (Lipinski definition) is 0. The van der Waals surface area contributed by atoms with Crippen LogP contribution in [0, 0.1) is 0 Å². The van der Waals surface area contributed by atoms with Crippen LogP contribution in [0.2, 0.25) is 0 Å². The third-order valence-corrected chi connectivity index (χ3v) is 2.51. The van der Waals surface area contributed by atoms with Crippen molar-refractivity contribution in [2.75, 3.05) is 0 Å². The molecule has 0 heterocycles. The first-order valence-corrected chi connectivity index (χ1v) is 5.23. The van der Waals surface area contributed by atoms with Crippen molar-refractivity contribution in [3.8, 4) is 0 Å². The molecule has 3 nitrogen and oxygen atoms in total. The van der Waals surface area contributed by atoms with Crippen molar-refractivity contribution >= 4 is 17.3 Å². The molecule has 1 saturated carbocycles. The second-order valence-corrected chi connectivity index (χ2v) is 3.76. The number of hydrogen-bond acceptors (Lipinski definition) is 3. The third-order valence-electron chi connectivity index (χ3n) is 2.51. The van der Waals surface area contributed by atoms with Gasteiger partial charge in [-0.25, -0.2) is 0 Å². The number of carbonyl (C=O) groups excluding carboxylic acids is 2. The number of aliphatic imine (C=N–C) groups is 1. The van der Waals surface area contributed by atoms with Crippen LogP contribution >= 0.6 is 0 Å². The summed E-state index contributed by atoms with van der Waals surface area (Å²) in [6.45, 7) is 3.64. The van der Waals surface area contributed by atoms with Crippen LogP contribution in [0.5, 0.6) is 0 Å². The van der Waals surface area contributed by atoms with Gasteiger partial charge in [0.2, 0.25) is 0 Å². The number of carbonyl (C=O) groups is 2. The molecule has 0 amide bonds. The molecule has 0 aliphatic heterocycles. The minimum Gasteiger partial charge on any atom is -0.299 e. The van der Waals surface area contributed by atoms with Gasteiger partial charge in [-0.15, -0.1) is 0 Å². The van der Waals surface area contributed by atoms with E-state index in [2.05, 4.69) is 4.99 Å². The molecule has 1 unspecified atom stereocenters. The summed E-state index contributed by atoms with van der Waals surface area (Å²) in [5.74, 6) is 0.404. The highest BCUT2D eigenvalue weighted by Gasteiger charge is 2.16. The zero-order valence-corrected chi connectivity index (χ0v) is 8.88. The van der Waals surface area contributed by atoms with Gasteiger partial charge >= 0.3 is 0 Å². The topological polar surface area (TPSA) is 46.5 Å². The summed E-state index contributed by atoms with van der Waals surface area (Å²) in [6.07, 6.45) is 3.43. The summed E-state index contributed by atoms with van der Waals surface area (Å²) < 4.78 is 0. The van der Waals surface area contributed by atoms with Crippen molar-refractivity contribution < 1.29 is 9.59 Å². The molecule has 0 spiro atoms. The molecule has 1 aliphatic rings. The third kappa shape index (κ3) is 3.05. The zero-order valence-electron chi connectivity index (χ0n) is 8.88. The molecule has 1 fully saturated rings. The molecule has 3 heteroatoms. The Morgan fingerprint density at radius 1 is 1.50 bits per heavy atom. The SMILES string of the molecule is CCC(=O)C(C)/N=C1/CCCC(=O)C1. The van der Waals surface area contributed by atoms with Gasteiger partial charge in [0.15, 0.2) is 5.78 Å². The van der Waals surface area contributed by atoms with Crippen LogP contribution in [-0.4, -0.2) is 23.3 Å². The normalized spacial score (nSPS) is 22.4. The molecule has 0 saturated heterocycles. The van der Waals surface area contributed by atoms with Gasteiger partial charge in [0.1, 0.15) is 11.8 Å². The molecule has 0 aromatic heterocycles. The molecule has 0 aromatic rings. The van der Waals surface area contributed by atoms with E-state index in [1.54, 1.807) is 6.92 Å². The lowest BCUT2D eigenvalue weighted by Gasteiger charge is -2.13. The quantitative estimate of drug-likeness (QED) is 0.690. The van der Waals surface area contributed by atoms with Crippen molar-refractivity contribution in [2.24, 2.45) is 4.99 Å². The summed E-state index contributed by atoms with van der Waals surface area (Å²) in [4.78, 5) is 26.7. The summed E-state index contributed by atoms with van der Waals surface area (Å²) in [5, 5.41) is 0. The van der Waals surface area contributed by atoms with E-state index in [-0.39, 0.29) is 17.6 Å². The van der Waals surface area contributed by atoms with E-state index < -0.39 is 0 Å². The fraction of sp³-hybridized carbons (Fsp3) is 0.727. The Hall–Kier alpha value is -0.990. The average molecular weight is 195 g/mol. The molecule has 0 aromatic carbocycles. The molecule has 0 radical (unpaired) electrons. The molecule has 1 aliphatic carbocycles. The largest absolute Gasteiger partial charge is 0.299 e. The molecule has 1 rings (SSSR count). The van der Waals surface area contributed by atoms with Crippen molar-refractivity contribution in [3.63, 3.8) is 0 Å². The maximum Gasteiger partial charge on any atom is 0.156 e. The Kier molecular flexibility index (Phi) is 3.98. The monoisotopic (exact) mass is 195 g/mol. The van der Waals surface area contributed by atoms with E-state index in [0.29, 0.717) is 19.3 Å². The molecule has 14 heavy (non-hydrogen) atoms. The van der Waals surface area contributed by atoms with Gasteiger partial charge in [-0.2, -0.15) is 0 Å². The van der Waals surface area contributed by atoms with E-state index in [1.807, 2.05) is 6.92 Å². The van der Waals surface area contributed by atoms with Crippen LogP contribution in [0.4, 0.5) is 0 Å². The van der Waals surface area contributed by atoms with Crippen molar-refractivity contribution in [3.05, 3.63) is 0 Å². The van der Waals surface area contributed by atoms with E-state index >= 15 is 0 Å². The molecular formula is C11H17NO2. The summed E-state index contributed by atoms with van der Waals surface area (Å²) in [6, 6.07) is -0.263. The first kappa shape index (κ1) is 11.1. The Labute approximate surface area is 84.6 Å². The Bertz CT molecular complexity index is 268.